The van der Waals surface area contributed by atoms with Crippen LogP contribution in [0.5, 0.6) is 0 Å². The van der Waals surface area contributed by atoms with Crippen molar-refractivity contribution in [2.45, 2.75) is 0 Å². The van der Waals surface area contributed by atoms with Gasteiger partial charge in [-0.05, 0) is 63.8 Å². The number of rotatable bonds is 3. The Hall–Kier alpha value is -3.07. The van der Waals surface area contributed by atoms with Crippen LogP contribution in [0.25, 0.3) is 11.1 Å². The molecule has 2 aliphatic rings. The molecule has 2 aromatic carbocycles. The van der Waals surface area contributed by atoms with E-state index in [2.05, 4.69) is 104 Å². The smallest absolute Gasteiger partial charge is 0.200 e. The molecule has 136 valence electrons. The van der Waals surface area contributed by atoms with Crippen LogP contribution in [-0.4, -0.2) is 45.5 Å². The van der Waals surface area contributed by atoms with Gasteiger partial charge in [0.2, 0.25) is 0 Å². The molecule has 0 bridgehead atoms. The summed E-state index contributed by atoms with van der Waals surface area (Å²) < 4.78 is 2.16. The van der Waals surface area contributed by atoms with E-state index in [0.29, 0.717) is 0 Å². The Morgan fingerprint density at radius 2 is 1.63 bits per heavy atom. The highest BCUT2D eigenvalue weighted by molar-refractivity contribution is 6.18. The largest absolute Gasteiger partial charge is 0.388 e. The van der Waals surface area contributed by atoms with Gasteiger partial charge in [-0.1, -0.05) is 18.2 Å². The normalized spacial score (nSPS) is 14.7. The Morgan fingerprint density at radius 3 is 2.26 bits per heavy atom. The van der Waals surface area contributed by atoms with Crippen molar-refractivity contribution in [2.24, 2.45) is 0 Å². The molecule has 27 heavy (non-hydrogen) atoms. The van der Waals surface area contributed by atoms with Gasteiger partial charge in [0, 0.05) is 44.7 Å². The highest BCUT2D eigenvalue weighted by Crippen LogP contribution is 2.47. The standard InChI is InChI=1S/C24H25N3/c1-25-17-8-6-16(7-9-17)24-20-12-10-18(26(2)3)14-22(20)23-15-19(27(4)5)11-13-21(23)24/h6-15H,1-5H3/p+1. The second-order valence-corrected chi connectivity index (χ2v) is 7.45. The van der Waals surface area contributed by atoms with Crippen LogP contribution in [-0.2, 0) is 0 Å². The maximum absolute atomic E-state index is 3.20. The van der Waals surface area contributed by atoms with Gasteiger partial charge in [-0.3, -0.25) is 0 Å². The first-order valence-electron chi connectivity index (χ1n) is 9.28. The van der Waals surface area contributed by atoms with Crippen LogP contribution in [0.1, 0.15) is 16.7 Å². The van der Waals surface area contributed by atoms with Crippen molar-refractivity contribution in [3.8, 4) is 0 Å². The van der Waals surface area contributed by atoms with E-state index in [-0.39, 0.29) is 0 Å². The van der Waals surface area contributed by atoms with Crippen LogP contribution in [0.4, 0.5) is 11.4 Å². The van der Waals surface area contributed by atoms with E-state index in [1.807, 2.05) is 7.05 Å². The summed E-state index contributed by atoms with van der Waals surface area (Å²) in [5.74, 6) is 0. The molecule has 0 radical (unpaired) electrons. The summed E-state index contributed by atoms with van der Waals surface area (Å²) in [5, 5.41) is 3.20. The molecule has 3 nitrogen and oxygen atoms in total. The lowest BCUT2D eigenvalue weighted by molar-refractivity contribution is -0.462. The molecule has 0 amide bonds. The lowest BCUT2D eigenvalue weighted by Crippen LogP contribution is -2.11. The summed E-state index contributed by atoms with van der Waals surface area (Å²) in [4.78, 5) is 2.16. The molecule has 1 N–H and O–H groups in total. The first-order valence-corrected chi connectivity index (χ1v) is 9.28. The van der Waals surface area contributed by atoms with Crippen molar-refractivity contribution in [3.05, 3.63) is 83.0 Å². The number of hydrogen-bond acceptors (Lipinski definition) is 2. The number of hydrogen-bond donors (Lipinski definition) is 1. The maximum atomic E-state index is 3.20. The third kappa shape index (κ3) is 2.89. The average molecular weight is 356 g/mol. The average Bonchev–Trinajstić information content (AvgIpc) is 3.01. The SMILES string of the molecule is CNc1ccc(C2=C3C=CC(=[N+](C)C)C=C3c3cc(N(C)C)ccc32)cc1. The molecule has 0 aromatic heterocycles. The quantitative estimate of drug-likeness (QED) is 0.828. The number of anilines is 2. The number of fused-ring (bicyclic) bond motifs is 3. The predicted octanol–water partition coefficient (Wildman–Crippen LogP) is 4.28. The van der Waals surface area contributed by atoms with E-state index < -0.39 is 0 Å². The Kier molecular flexibility index (Phi) is 4.23. The number of nitrogens with zero attached hydrogens (tertiary/aromatic N) is 2. The molecule has 0 spiro atoms. The molecule has 0 saturated carbocycles. The number of benzene rings is 2. The van der Waals surface area contributed by atoms with Crippen LogP contribution in [0.3, 0.4) is 0 Å². The van der Waals surface area contributed by atoms with Gasteiger partial charge in [-0.2, -0.15) is 0 Å². The number of allylic oxidation sites excluding steroid dienone is 5. The highest BCUT2D eigenvalue weighted by Gasteiger charge is 2.29. The van der Waals surface area contributed by atoms with Crippen molar-refractivity contribution in [2.75, 3.05) is 45.5 Å². The van der Waals surface area contributed by atoms with E-state index >= 15 is 0 Å². The summed E-state index contributed by atoms with van der Waals surface area (Å²) in [5.41, 5.74) is 11.4. The first-order chi connectivity index (χ1) is 13.0. The first kappa shape index (κ1) is 17.3. The molecule has 0 fully saturated rings. The second kappa shape index (κ2) is 6.58. The van der Waals surface area contributed by atoms with E-state index in [1.54, 1.807) is 0 Å². The fraction of sp³-hybridized carbons (Fsp3) is 0.208. The minimum Gasteiger partial charge on any atom is -0.388 e. The van der Waals surface area contributed by atoms with Gasteiger partial charge in [0.25, 0.3) is 0 Å². The van der Waals surface area contributed by atoms with E-state index in [9.17, 15) is 0 Å². The minimum absolute atomic E-state index is 1.13. The third-order valence-electron chi connectivity index (χ3n) is 5.33. The lowest BCUT2D eigenvalue weighted by atomic mass is 9.94. The third-order valence-corrected chi connectivity index (χ3v) is 5.33. The molecule has 0 atom stereocenters. The van der Waals surface area contributed by atoms with Crippen LogP contribution in [0.15, 0.2) is 66.3 Å². The molecule has 2 aromatic rings. The van der Waals surface area contributed by atoms with Crippen LogP contribution < -0.4 is 10.2 Å². The predicted molar refractivity (Wildman–Crippen MR) is 117 cm³/mol. The molecular weight excluding hydrogens is 330 g/mol. The zero-order valence-electron chi connectivity index (χ0n) is 16.7. The molecule has 0 aliphatic heterocycles. The van der Waals surface area contributed by atoms with Gasteiger partial charge in [-0.15, -0.1) is 0 Å². The van der Waals surface area contributed by atoms with Crippen molar-refractivity contribution in [1.29, 1.82) is 0 Å². The summed E-state index contributed by atoms with van der Waals surface area (Å²) in [6.07, 6.45) is 6.78. The Labute approximate surface area is 161 Å². The van der Waals surface area contributed by atoms with E-state index in [4.69, 9.17) is 0 Å². The molecule has 3 heteroatoms. The van der Waals surface area contributed by atoms with Crippen molar-refractivity contribution in [1.82, 2.24) is 0 Å². The highest BCUT2D eigenvalue weighted by atomic mass is 15.1. The molecule has 0 saturated heterocycles. The Morgan fingerprint density at radius 1 is 0.889 bits per heavy atom. The van der Waals surface area contributed by atoms with Crippen molar-refractivity contribution >= 4 is 28.2 Å². The second-order valence-electron chi connectivity index (χ2n) is 7.45. The summed E-state index contributed by atoms with van der Waals surface area (Å²) in [6.45, 7) is 0. The zero-order chi connectivity index (χ0) is 19.1. The van der Waals surface area contributed by atoms with Gasteiger partial charge < -0.3 is 10.2 Å². The molecular formula is C24H26N3+. The van der Waals surface area contributed by atoms with Crippen molar-refractivity contribution in [3.63, 3.8) is 0 Å². The maximum Gasteiger partial charge on any atom is 0.200 e. The van der Waals surface area contributed by atoms with Gasteiger partial charge in [0.1, 0.15) is 14.1 Å². The van der Waals surface area contributed by atoms with Gasteiger partial charge in [0.15, 0.2) is 5.71 Å². The minimum atomic E-state index is 1.13. The van der Waals surface area contributed by atoms with Gasteiger partial charge >= 0.3 is 0 Å². The Balaban J connectivity index is 1.95. The number of nitrogens with one attached hydrogen (secondary N) is 1. The molecule has 4 rings (SSSR count). The Bertz CT molecular complexity index is 1030. The summed E-state index contributed by atoms with van der Waals surface area (Å²) in [6, 6.07) is 15.5. The van der Waals surface area contributed by atoms with Gasteiger partial charge in [-0.25, -0.2) is 4.58 Å². The van der Waals surface area contributed by atoms with Crippen LogP contribution >= 0.6 is 0 Å². The zero-order valence-corrected chi connectivity index (χ0v) is 16.7. The molecule has 0 heterocycles. The topological polar surface area (TPSA) is 18.3 Å². The van der Waals surface area contributed by atoms with E-state index in [1.165, 1.54) is 44.8 Å². The monoisotopic (exact) mass is 356 g/mol. The fourth-order valence-corrected chi connectivity index (χ4v) is 3.76. The van der Waals surface area contributed by atoms with Crippen molar-refractivity contribution < 1.29 is 4.58 Å². The summed E-state index contributed by atoms with van der Waals surface area (Å²) in [7, 11) is 10.3. The van der Waals surface area contributed by atoms with Crippen LogP contribution in [0.2, 0.25) is 0 Å². The molecule has 2 aliphatic carbocycles. The van der Waals surface area contributed by atoms with Crippen LogP contribution in [0, 0.1) is 0 Å². The van der Waals surface area contributed by atoms with E-state index in [0.717, 1.165) is 5.69 Å². The van der Waals surface area contributed by atoms with Gasteiger partial charge in [0.05, 0.1) is 0 Å². The molecule has 0 unspecified atom stereocenters. The lowest BCUT2D eigenvalue weighted by Gasteiger charge is -2.15. The summed E-state index contributed by atoms with van der Waals surface area (Å²) >= 11 is 0. The fourth-order valence-electron chi connectivity index (χ4n) is 3.76.